The fraction of sp³-hybridized carbons (Fsp3) is 0.364. The first-order chi connectivity index (χ1) is 13.9. The minimum Gasteiger partial charge on any atom is -0.495 e. The molecule has 1 unspecified atom stereocenters. The van der Waals surface area contributed by atoms with E-state index in [9.17, 15) is 14.0 Å². The topological polar surface area (TPSA) is 79.5 Å². The molecule has 0 aliphatic rings. The molecule has 0 aliphatic carbocycles. The molecule has 156 valence electrons. The Morgan fingerprint density at radius 2 is 1.93 bits per heavy atom. The van der Waals surface area contributed by atoms with Gasteiger partial charge in [0.1, 0.15) is 17.6 Å². The summed E-state index contributed by atoms with van der Waals surface area (Å²) in [4.78, 5) is 24.6. The number of benzene rings is 2. The molecule has 0 aromatic heterocycles. The zero-order valence-electron chi connectivity index (χ0n) is 17.0. The summed E-state index contributed by atoms with van der Waals surface area (Å²) < 4.78 is 18.7. The molecular weight excluding hydrogens is 373 g/mol. The van der Waals surface area contributed by atoms with Crippen molar-refractivity contribution >= 4 is 23.2 Å². The van der Waals surface area contributed by atoms with E-state index in [4.69, 9.17) is 4.74 Å². The Balaban J connectivity index is 2.05. The minimum atomic E-state index is -0.487. The lowest BCUT2D eigenvalue weighted by Gasteiger charge is -2.17. The molecule has 3 N–H and O–H groups in total. The van der Waals surface area contributed by atoms with Gasteiger partial charge in [-0.3, -0.25) is 9.59 Å². The van der Waals surface area contributed by atoms with Gasteiger partial charge in [-0.2, -0.15) is 0 Å². The van der Waals surface area contributed by atoms with Gasteiger partial charge in [0.25, 0.3) is 5.91 Å². The van der Waals surface area contributed by atoms with Crippen molar-refractivity contribution in [2.24, 2.45) is 0 Å². The largest absolute Gasteiger partial charge is 0.495 e. The van der Waals surface area contributed by atoms with Gasteiger partial charge in [-0.1, -0.05) is 25.8 Å². The van der Waals surface area contributed by atoms with Crippen LogP contribution >= 0.6 is 0 Å². The molecule has 2 aromatic carbocycles. The Labute approximate surface area is 170 Å². The van der Waals surface area contributed by atoms with Crippen LogP contribution in [0.5, 0.6) is 5.75 Å². The van der Waals surface area contributed by atoms with E-state index in [-0.39, 0.29) is 11.5 Å². The third kappa shape index (κ3) is 6.78. The lowest BCUT2D eigenvalue weighted by atomic mass is 10.2. The van der Waals surface area contributed by atoms with Crippen molar-refractivity contribution in [1.29, 1.82) is 0 Å². The molecule has 2 amide bonds. The van der Waals surface area contributed by atoms with Crippen molar-refractivity contribution in [1.82, 2.24) is 5.32 Å². The maximum Gasteiger partial charge on any atom is 0.255 e. The van der Waals surface area contributed by atoms with Crippen LogP contribution in [0.1, 0.15) is 43.5 Å². The van der Waals surface area contributed by atoms with Crippen molar-refractivity contribution < 1.29 is 18.7 Å². The summed E-state index contributed by atoms with van der Waals surface area (Å²) in [5, 5.41) is 8.74. The van der Waals surface area contributed by atoms with E-state index >= 15 is 0 Å². The van der Waals surface area contributed by atoms with Crippen molar-refractivity contribution in [3.05, 3.63) is 53.8 Å². The summed E-state index contributed by atoms with van der Waals surface area (Å²) in [5.41, 5.74) is 1.27. The third-order valence-corrected chi connectivity index (χ3v) is 4.39. The number of hydrogen-bond donors (Lipinski definition) is 3. The standard InChI is InChI=1S/C22H28FN3O3/c1-4-5-6-12-24-21(27)15(2)25-18-10-11-20(29-3)19(14-18)26-22(28)16-8-7-9-17(23)13-16/h7-11,13-15,25H,4-6,12H2,1-3H3,(H,24,27)(H,26,28). The zero-order valence-corrected chi connectivity index (χ0v) is 17.0. The molecular formula is C22H28FN3O3. The summed E-state index contributed by atoms with van der Waals surface area (Å²) in [5.74, 6) is -0.584. The highest BCUT2D eigenvalue weighted by atomic mass is 19.1. The summed E-state index contributed by atoms with van der Waals surface area (Å²) in [6.45, 7) is 4.53. The van der Waals surface area contributed by atoms with E-state index in [2.05, 4.69) is 22.9 Å². The van der Waals surface area contributed by atoms with Crippen molar-refractivity contribution in [2.45, 2.75) is 39.2 Å². The number of halogens is 1. The minimum absolute atomic E-state index is 0.0951. The lowest BCUT2D eigenvalue weighted by Crippen LogP contribution is -2.38. The first-order valence-electron chi connectivity index (χ1n) is 9.73. The third-order valence-electron chi connectivity index (χ3n) is 4.39. The summed E-state index contributed by atoms with van der Waals surface area (Å²) in [6.07, 6.45) is 3.13. The molecule has 6 nitrogen and oxygen atoms in total. The van der Waals surface area contributed by atoms with Crippen LogP contribution in [0, 0.1) is 5.82 Å². The molecule has 0 bridgehead atoms. The van der Waals surface area contributed by atoms with Gasteiger partial charge in [0, 0.05) is 17.8 Å². The second-order valence-electron chi connectivity index (χ2n) is 6.74. The first kappa shape index (κ1) is 22.2. The van der Waals surface area contributed by atoms with E-state index in [1.54, 1.807) is 25.1 Å². The number of rotatable bonds is 10. The maximum absolute atomic E-state index is 13.4. The molecule has 0 spiro atoms. The van der Waals surface area contributed by atoms with Crippen LogP contribution in [-0.4, -0.2) is 31.5 Å². The summed E-state index contributed by atoms with van der Waals surface area (Å²) >= 11 is 0. The fourth-order valence-corrected chi connectivity index (χ4v) is 2.77. The monoisotopic (exact) mass is 401 g/mol. The van der Waals surface area contributed by atoms with Crippen LogP contribution in [0.25, 0.3) is 0 Å². The molecule has 0 saturated carbocycles. The predicted octanol–water partition coefficient (Wildman–Crippen LogP) is 4.19. The normalized spacial score (nSPS) is 11.4. The Bertz CT molecular complexity index is 842. The van der Waals surface area contributed by atoms with Gasteiger partial charge < -0.3 is 20.7 Å². The average Bonchev–Trinajstić information content (AvgIpc) is 2.71. The quantitative estimate of drug-likeness (QED) is 0.522. The van der Waals surface area contributed by atoms with E-state index in [1.807, 2.05) is 0 Å². The summed E-state index contributed by atoms with van der Waals surface area (Å²) in [7, 11) is 1.49. The van der Waals surface area contributed by atoms with Crippen LogP contribution in [0.15, 0.2) is 42.5 Å². The van der Waals surface area contributed by atoms with Gasteiger partial charge >= 0.3 is 0 Å². The zero-order chi connectivity index (χ0) is 21.2. The molecule has 2 rings (SSSR count). The van der Waals surface area contributed by atoms with Crippen LogP contribution in [-0.2, 0) is 4.79 Å². The second-order valence-corrected chi connectivity index (χ2v) is 6.74. The van der Waals surface area contributed by atoms with Gasteiger partial charge in [0.15, 0.2) is 0 Å². The number of nitrogens with one attached hydrogen (secondary N) is 3. The van der Waals surface area contributed by atoms with Crippen molar-refractivity contribution in [3.63, 3.8) is 0 Å². The van der Waals surface area contributed by atoms with Crippen molar-refractivity contribution in [2.75, 3.05) is 24.3 Å². The molecule has 0 aliphatic heterocycles. The SMILES string of the molecule is CCCCCNC(=O)C(C)Nc1ccc(OC)c(NC(=O)c2cccc(F)c2)c1. The molecule has 7 heteroatoms. The number of anilines is 2. The van der Waals surface area contributed by atoms with E-state index in [1.165, 1.54) is 25.3 Å². The molecule has 2 aromatic rings. The first-order valence-corrected chi connectivity index (χ1v) is 9.73. The average molecular weight is 401 g/mol. The Kier molecular flexibility index (Phi) is 8.45. The Morgan fingerprint density at radius 3 is 2.62 bits per heavy atom. The molecule has 0 saturated heterocycles. The maximum atomic E-state index is 13.4. The fourth-order valence-electron chi connectivity index (χ4n) is 2.77. The number of methoxy groups -OCH3 is 1. The number of unbranched alkanes of at least 4 members (excludes halogenated alkanes) is 2. The number of carbonyl (C=O) groups is 2. The van der Waals surface area contributed by atoms with E-state index in [0.717, 1.165) is 25.3 Å². The molecule has 29 heavy (non-hydrogen) atoms. The highest BCUT2D eigenvalue weighted by Gasteiger charge is 2.15. The molecule has 0 heterocycles. The van der Waals surface area contributed by atoms with Gasteiger partial charge in [-0.25, -0.2) is 4.39 Å². The highest BCUT2D eigenvalue weighted by Crippen LogP contribution is 2.28. The van der Waals surface area contributed by atoms with Gasteiger partial charge in [-0.05, 0) is 49.7 Å². The number of amides is 2. The number of hydrogen-bond acceptors (Lipinski definition) is 4. The second kappa shape index (κ2) is 11.0. The smallest absolute Gasteiger partial charge is 0.255 e. The van der Waals surface area contributed by atoms with Gasteiger partial charge in [0.05, 0.1) is 12.8 Å². The van der Waals surface area contributed by atoms with Crippen LogP contribution in [0.4, 0.5) is 15.8 Å². The Hall–Kier alpha value is -3.09. The molecule has 0 radical (unpaired) electrons. The van der Waals surface area contributed by atoms with E-state index < -0.39 is 17.8 Å². The highest BCUT2D eigenvalue weighted by molar-refractivity contribution is 6.05. The number of ether oxygens (including phenoxy) is 1. The molecule has 1 atom stereocenters. The van der Waals surface area contributed by atoms with Gasteiger partial charge in [0.2, 0.25) is 5.91 Å². The number of carbonyl (C=O) groups excluding carboxylic acids is 2. The van der Waals surface area contributed by atoms with E-state index in [0.29, 0.717) is 23.7 Å². The predicted molar refractivity (Wildman–Crippen MR) is 113 cm³/mol. The van der Waals surface area contributed by atoms with Gasteiger partial charge in [-0.15, -0.1) is 0 Å². The summed E-state index contributed by atoms with van der Waals surface area (Å²) in [6, 6.07) is 10.1. The molecule has 0 fully saturated rings. The van der Waals surface area contributed by atoms with Crippen LogP contribution in [0.2, 0.25) is 0 Å². The Morgan fingerprint density at radius 1 is 1.14 bits per heavy atom. The lowest BCUT2D eigenvalue weighted by molar-refractivity contribution is -0.121. The van der Waals surface area contributed by atoms with Crippen molar-refractivity contribution in [3.8, 4) is 5.75 Å². The van der Waals surface area contributed by atoms with Crippen LogP contribution in [0.3, 0.4) is 0 Å². The van der Waals surface area contributed by atoms with Crippen LogP contribution < -0.4 is 20.7 Å².